The van der Waals surface area contributed by atoms with E-state index in [0.29, 0.717) is 18.6 Å². The van der Waals surface area contributed by atoms with Gasteiger partial charge in [-0.15, -0.1) is 0 Å². The molecule has 32 heavy (non-hydrogen) atoms. The predicted molar refractivity (Wildman–Crippen MR) is 116 cm³/mol. The number of nitrogens with one attached hydrogen (secondary N) is 2. The Hall–Kier alpha value is -2.21. The molecule has 1 aromatic carbocycles. The van der Waals surface area contributed by atoms with Gasteiger partial charge in [0.2, 0.25) is 15.9 Å². The molecule has 1 aromatic rings. The number of amides is 3. The minimum atomic E-state index is -3.55. The lowest BCUT2D eigenvalue weighted by Gasteiger charge is -2.26. The van der Waals surface area contributed by atoms with Gasteiger partial charge in [0, 0.05) is 19.6 Å². The first-order chi connectivity index (χ1) is 15.0. The number of nitrogens with zero attached hydrogens (tertiary/aromatic N) is 1. The second kappa shape index (κ2) is 9.74. The summed E-state index contributed by atoms with van der Waals surface area (Å²) in [6.07, 6.45) is 1.88. The highest BCUT2D eigenvalue weighted by atomic mass is 32.2. The van der Waals surface area contributed by atoms with Crippen molar-refractivity contribution in [2.24, 2.45) is 0 Å². The molecule has 2 fully saturated rings. The number of carbonyl (C=O) groups is 2. The number of urea groups is 1. The molecule has 1 saturated heterocycles. The molecule has 1 aliphatic heterocycles. The fourth-order valence-electron chi connectivity index (χ4n) is 3.31. The molecule has 0 unspecified atom stereocenters. The highest BCUT2D eigenvalue weighted by molar-refractivity contribution is 7.89. The van der Waals surface area contributed by atoms with Crippen LogP contribution in [0.15, 0.2) is 24.3 Å². The number of sulfonamides is 1. The van der Waals surface area contributed by atoms with E-state index >= 15 is 0 Å². The van der Waals surface area contributed by atoms with Gasteiger partial charge in [0.05, 0.1) is 16.9 Å². The smallest absolute Gasteiger partial charge is 0.325 e. The molecule has 2 aliphatic rings. The topological polar surface area (TPSA) is 134 Å². The van der Waals surface area contributed by atoms with Crippen LogP contribution in [0.3, 0.4) is 0 Å². The van der Waals surface area contributed by atoms with Crippen LogP contribution >= 0.6 is 0 Å². The average molecular weight is 470 g/mol. The van der Waals surface area contributed by atoms with Crippen LogP contribution in [0.4, 0.5) is 4.79 Å². The number of imide groups is 1. The molecule has 0 spiro atoms. The van der Waals surface area contributed by atoms with Crippen molar-refractivity contribution in [3.8, 4) is 5.75 Å². The van der Waals surface area contributed by atoms with Crippen LogP contribution in [-0.2, 0) is 25.1 Å². The van der Waals surface area contributed by atoms with Crippen molar-refractivity contribution in [2.45, 2.75) is 50.7 Å². The number of benzene rings is 1. The first-order valence-corrected chi connectivity index (χ1v) is 12.3. The number of rotatable bonds is 12. The molecule has 0 atom stereocenters. The molecule has 11 heteroatoms. The van der Waals surface area contributed by atoms with E-state index in [4.69, 9.17) is 9.47 Å². The Kier molecular flexibility index (Phi) is 7.43. The van der Waals surface area contributed by atoms with E-state index in [0.717, 1.165) is 5.56 Å². The van der Waals surface area contributed by atoms with Gasteiger partial charge in [-0.1, -0.05) is 12.1 Å². The SMILES string of the molecule is CC(C)(O)COc1cccc(C2(NS(=O)(=O)CCCOCN3CCC(=O)NC3=O)CC2)c1. The van der Waals surface area contributed by atoms with Crippen molar-refractivity contribution in [2.75, 3.05) is 32.2 Å². The number of hydrogen-bond donors (Lipinski definition) is 3. The fraction of sp³-hybridized carbons (Fsp3) is 0.619. The van der Waals surface area contributed by atoms with Gasteiger partial charge in [0.25, 0.3) is 0 Å². The summed E-state index contributed by atoms with van der Waals surface area (Å²) in [5.74, 6) is 0.160. The van der Waals surface area contributed by atoms with Crippen LogP contribution in [0.2, 0.25) is 0 Å². The lowest BCUT2D eigenvalue weighted by Crippen LogP contribution is -2.50. The fourth-order valence-corrected chi connectivity index (χ4v) is 4.83. The van der Waals surface area contributed by atoms with Crippen molar-refractivity contribution >= 4 is 22.0 Å². The van der Waals surface area contributed by atoms with E-state index in [1.54, 1.807) is 26.0 Å². The zero-order valence-electron chi connectivity index (χ0n) is 18.4. The summed E-state index contributed by atoms with van der Waals surface area (Å²) in [6, 6.07) is 6.75. The summed E-state index contributed by atoms with van der Waals surface area (Å²) >= 11 is 0. The Balaban J connectivity index is 1.45. The summed E-state index contributed by atoms with van der Waals surface area (Å²) in [7, 11) is -3.55. The normalized spacial score (nSPS) is 18.4. The van der Waals surface area contributed by atoms with Gasteiger partial charge in [-0.3, -0.25) is 10.1 Å². The maximum atomic E-state index is 12.6. The molecule has 1 aliphatic carbocycles. The minimum absolute atomic E-state index is 0.00790. The van der Waals surface area contributed by atoms with Crippen LogP contribution in [0.1, 0.15) is 45.1 Å². The zero-order valence-corrected chi connectivity index (χ0v) is 19.2. The molecule has 1 saturated carbocycles. The van der Waals surface area contributed by atoms with Gasteiger partial charge in [0.15, 0.2) is 0 Å². The van der Waals surface area contributed by atoms with Crippen LogP contribution < -0.4 is 14.8 Å². The summed E-state index contributed by atoms with van der Waals surface area (Å²) in [5.41, 5.74) is -0.769. The van der Waals surface area contributed by atoms with Gasteiger partial charge < -0.3 is 19.5 Å². The zero-order chi connectivity index (χ0) is 23.4. The van der Waals surface area contributed by atoms with Crippen LogP contribution in [-0.4, -0.2) is 68.2 Å². The second-order valence-corrected chi connectivity index (χ2v) is 10.7. The van der Waals surface area contributed by atoms with E-state index in [2.05, 4.69) is 10.0 Å². The molecule has 0 aromatic heterocycles. The maximum Gasteiger partial charge on any atom is 0.325 e. The highest BCUT2D eigenvalue weighted by Crippen LogP contribution is 2.46. The highest BCUT2D eigenvalue weighted by Gasteiger charge is 2.47. The van der Waals surface area contributed by atoms with Gasteiger partial charge in [-0.05, 0) is 50.8 Å². The second-order valence-electron chi connectivity index (χ2n) is 8.89. The van der Waals surface area contributed by atoms with Crippen molar-refractivity contribution in [3.63, 3.8) is 0 Å². The number of ether oxygens (including phenoxy) is 2. The van der Waals surface area contributed by atoms with Crippen LogP contribution in [0.5, 0.6) is 5.75 Å². The standard InChI is InChI=1S/C21H31N3O7S/c1-20(2,27)14-31-17-6-3-5-16(13-17)21(8-9-21)23-32(28,29)12-4-11-30-15-24-10-7-18(25)22-19(24)26/h3,5-6,13,23,27H,4,7-12,14-15H2,1-2H3,(H,22,25,26). The summed E-state index contributed by atoms with van der Waals surface area (Å²) in [5, 5.41) is 12.0. The maximum absolute atomic E-state index is 12.6. The Labute approximate surface area is 188 Å². The third-order valence-corrected chi connectivity index (χ3v) is 6.70. The lowest BCUT2D eigenvalue weighted by atomic mass is 10.1. The number of aliphatic hydroxyl groups is 1. The van der Waals surface area contributed by atoms with E-state index in [1.165, 1.54) is 4.90 Å². The lowest BCUT2D eigenvalue weighted by molar-refractivity contribution is -0.122. The van der Waals surface area contributed by atoms with E-state index in [9.17, 15) is 23.1 Å². The molecule has 178 valence electrons. The third kappa shape index (κ3) is 7.16. The summed E-state index contributed by atoms with van der Waals surface area (Å²) in [6.45, 7) is 3.90. The van der Waals surface area contributed by atoms with Crippen molar-refractivity contribution in [1.82, 2.24) is 14.9 Å². The summed E-state index contributed by atoms with van der Waals surface area (Å²) in [4.78, 5) is 24.1. The van der Waals surface area contributed by atoms with Gasteiger partial charge in [0.1, 0.15) is 19.1 Å². The van der Waals surface area contributed by atoms with Crippen molar-refractivity contribution < 1.29 is 32.6 Å². The first kappa shape index (κ1) is 24.4. The predicted octanol–water partition coefficient (Wildman–Crippen LogP) is 1.05. The minimum Gasteiger partial charge on any atom is -0.491 e. The molecule has 10 nitrogen and oxygen atoms in total. The Morgan fingerprint density at radius 1 is 1.28 bits per heavy atom. The van der Waals surface area contributed by atoms with E-state index < -0.39 is 27.2 Å². The Morgan fingerprint density at radius 3 is 2.69 bits per heavy atom. The summed E-state index contributed by atoms with van der Waals surface area (Å²) < 4.78 is 39.1. The molecular formula is C21H31N3O7S. The van der Waals surface area contributed by atoms with Crippen molar-refractivity contribution in [1.29, 1.82) is 0 Å². The molecule has 3 amide bonds. The monoisotopic (exact) mass is 469 g/mol. The average Bonchev–Trinajstić information content (AvgIpc) is 3.47. The number of carbonyl (C=O) groups excluding carboxylic acids is 2. The van der Waals surface area contributed by atoms with Crippen molar-refractivity contribution in [3.05, 3.63) is 29.8 Å². The molecule has 3 rings (SSSR count). The molecule has 3 N–H and O–H groups in total. The van der Waals surface area contributed by atoms with Crippen LogP contribution in [0.25, 0.3) is 0 Å². The van der Waals surface area contributed by atoms with Crippen LogP contribution in [0, 0.1) is 0 Å². The molecule has 0 radical (unpaired) electrons. The molecule has 0 bridgehead atoms. The number of hydrogen-bond acceptors (Lipinski definition) is 7. The largest absolute Gasteiger partial charge is 0.491 e. The molecular weight excluding hydrogens is 438 g/mol. The van der Waals surface area contributed by atoms with Gasteiger partial charge >= 0.3 is 6.03 Å². The van der Waals surface area contributed by atoms with E-state index in [-0.39, 0.29) is 51.0 Å². The Morgan fingerprint density at radius 2 is 2.03 bits per heavy atom. The third-order valence-electron chi connectivity index (χ3n) is 5.17. The van der Waals surface area contributed by atoms with Gasteiger partial charge in [-0.25, -0.2) is 17.9 Å². The van der Waals surface area contributed by atoms with Gasteiger partial charge in [-0.2, -0.15) is 0 Å². The first-order valence-electron chi connectivity index (χ1n) is 10.6. The van der Waals surface area contributed by atoms with E-state index in [1.807, 2.05) is 12.1 Å². The Bertz CT molecular complexity index is 939. The quantitative estimate of drug-likeness (QED) is 0.390. The molecule has 1 heterocycles.